The fourth-order valence-electron chi connectivity index (χ4n) is 2.01. The summed E-state index contributed by atoms with van der Waals surface area (Å²) < 4.78 is 43.1. The van der Waals surface area contributed by atoms with Gasteiger partial charge in [0.2, 0.25) is 0 Å². The number of nitrogens with zero attached hydrogens (tertiary/aromatic N) is 1. The molecule has 0 spiro atoms. The minimum Gasteiger partial charge on any atom is -0.465 e. The van der Waals surface area contributed by atoms with Gasteiger partial charge in [-0.05, 0) is 35.9 Å². The Morgan fingerprint density at radius 1 is 1.20 bits per heavy atom. The number of rotatable bonds is 4. The third kappa shape index (κ3) is 4.54. The van der Waals surface area contributed by atoms with Crippen LogP contribution in [0.15, 0.2) is 36.4 Å². The number of nitrogens with one attached hydrogen (secondary N) is 1. The minimum atomic E-state index is -4.67. The molecule has 0 aliphatic rings. The summed E-state index contributed by atoms with van der Waals surface area (Å²) in [6, 6.07) is 7.62. The van der Waals surface area contributed by atoms with Crippen molar-refractivity contribution in [1.29, 1.82) is 0 Å². The Bertz CT molecular complexity index is 807. The normalized spacial score (nSPS) is 11.1. The number of carbonyl (C=O) groups excluding carboxylic acids is 2. The standard InChI is InChI=1S/C16H14F3N3O3/c1-25-15(24)11-4-2-3-10(7-11)14(23)22-13-6-9(8-20)5-12(21-13)16(17,18)19/h2-7H,8,20H2,1H3,(H,21,22,23). The molecule has 1 aromatic carbocycles. The van der Waals surface area contributed by atoms with Gasteiger partial charge in [0.15, 0.2) is 0 Å². The Hall–Kier alpha value is -2.94. The highest BCUT2D eigenvalue weighted by Gasteiger charge is 2.33. The van der Waals surface area contributed by atoms with Crippen LogP contribution in [0.25, 0.3) is 0 Å². The molecule has 0 radical (unpaired) electrons. The van der Waals surface area contributed by atoms with Crippen molar-refractivity contribution in [3.8, 4) is 0 Å². The number of carbonyl (C=O) groups is 2. The van der Waals surface area contributed by atoms with Crippen LogP contribution in [0.4, 0.5) is 19.0 Å². The Balaban J connectivity index is 2.30. The molecule has 0 saturated carbocycles. The number of pyridine rings is 1. The molecule has 25 heavy (non-hydrogen) atoms. The molecule has 6 nitrogen and oxygen atoms in total. The maximum absolute atomic E-state index is 12.9. The first-order valence-electron chi connectivity index (χ1n) is 7.02. The molecule has 1 heterocycles. The van der Waals surface area contributed by atoms with E-state index in [0.29, 0.717) is 0 Å². The Kier molecular flexibility index (Phi) is 5.38. The van der Waals surface area contributed by atoms with Gasteiger partial charge in [-0.3, -0.25) is 4.79 Å². The molecule has 0 saturated heterocycles. The second kappa shape index (κ2) is 7.31. The van der Waals surface area contributed by atoms with Crippen molar-refractivity contribution in [3.05, 3.63) is 58.8 Å². The van der Waals surface area contributed by atoms with Gasteiger partial charge in [-0.2, -0.15) is 13.2 Å². The van der Waals surface area contributed by atoms with Crippen LogP contribution in [0.2, 0.25) is 0 Å². The lowest BCUT2D eigenvalue weighted by molar-refractivity contribution is -0.141. The maximum atomic E-state index is 12.9. The summed E-state index contributed by atoms with van der Waals surface area (Å²) in [6.45, 7) is -0.147. The molecule has 1 amide bonds. The zero-order chi connectivity index (χ0) is 18.6. The third-order valence-corrected chi connectivity index (χ3v) is 3.20. The van der Waals surface area contributed by atoms with E-state index in [9.17, 15) is 22.8 Å². The number of nitrogens with two attached hydrogens (primary N) is 1. The SMILES string of the molecule is COC(=O)c1cccc(C(=O)Nc2cc(CN)cc(C(F)(F)F)n2)c1. The van der Waals surface area contributed by atoms with Gasteiger partial charge in [0.1, 0.15) is 11.5 Å². The van der Waals surface area contributed by atoms with E-state index < -0.39 is 23.7 Å². The lowest BCUT2D eigenvalue weighted by atomic mass is 10.1. The highest BCUT2D eigenvalue weighted by Crippen LogP contribution is 2.29. The number of esters is 1. The monoisotopic (exact) mass is 353 g/mol. The Morgan fingerprint density at radius 2 is 1.88 bits per heavy atom. The van der Waals surface area contributed by atoms with Gasteiger partial charge in [-0.25, -0.2) is 9.78 Å². The van der Waals surface area contributed by atoms with Crippen LogP contribution >= 0.6 is 0 Å². The first-order valence-corrected chi connectivity index (χ1v) is 7.02. The second-order valence-electron chi connectivity index (χ2n) is 4.97. The van der Waals surface area contributed by atoms with E-state index in [2.05, 4.69) is 15.0 Å². The van der Waals surface area contributed by atoms with Gasteiger partial charge in [0.25, 0.3) is 5.91 Å². The average Bonchev–Trinajstić information content (AvgIpc) is 2.60. The molecular weight excluding hydrogens is 339 g/mol. The van der Waals surface area contributed by atoms with Gasteiger partial charge in [-0.1, -0.05) is 6.07 Å². The molecule has 0 aliphatic heterocycles. The van der Waals surface area contributed by atoms with Crippen molar-refractivity contribution in [2.45, 2.75) is 12.7 Å². The van der Waals surface area contributed by atoms with Crippen LogP contribution in [-0.2, 0) is 17.5 Å². The summed E-state index contributed by atoms with van der Waals surface area (Å²) in [5.74, 6) is -1.65. The highest BCUT2D eigenvalue weighted by atomic mass is 19.4. The number of ether oxygens (including phenoxy) is 1. The second-order valence-corrected chi connectivity index (χ2v) is 4.97. The van der Waals surface area contributed by atoms with Crippen LogP contribution < -0.4 is 11.1 Å². The topological polar surface area (TPSA) is 94.3 Å². The van der Waals surface area contributed by atoms with E-state index in [1.54, 1.807) is 0 Å². The summed E-state index contributed by atoms with van der Waals surface area (Å²) >= 11 is 0. The summed E-state index contributed by atoms with van der Waals surface area (Å²) in [7, 11) is 1.19. The molecule has 3 N–H and O–H groups in total. The lowest BCUT2D eigenvalue weighted by Crippen LogP contribution is -2.17. The van der Waals surface area contributed by atoms with Crippen molar-refractivity contribution in [1.82, 2.24) is 4.98 Å². The molecule has 2 rings (SSSR count). The number of alkyl halides is 3. The number of halogens is 3. The zero-order valence-corrected chi connectivity index (χ0v) is 13.1. The molecular formula is C16H14F3N3O3. The predicted molar refractivity (Wildman–Crippen MR) is 82.9 cm³/mol. The Morgan fingerprint density at radius 3 is 2.48 bits per heavy atom. The molecule has 9 heteroatoms. The molecule has 0 bridgehead atoms. The predicted octanol–water partition coefficient (Wildman–Crippen LogP) is 2.60. The van der Waals surface area contributed by atoms with Crippen LogP contribution in [0, 0.1) is 0 Å². The Labute approximate surface area is 140 Å². The van der Waals surface area contributed by atoms with E-state index in [0.717, 1.165) is 6.07 Å². The number of amides is 1. The van der Waals surface area contributed by atoms with E-state index in [1.807, 2.05) is 0 Å². The van der Waals surface area contributed by atoms with E-state index in [4.69, 9.17) is 5.73 Å². The number of hydrogen-bond donors (Lipinski definition) is 2. The largest absolute Gasteiger partial charge is 0.465 e. The summed E-state index contributed by atoms with van der Waals surface area (Å²) in [5.41, 5.74) is 4.59. The highest BCUT2D eigenvalue weighted by molar-refractivity contribution is 6.05. The fourth-order valence-corrected chi connectivity index (χ4v) is 2.01. The average molecular weight is 353 g/mol. The first kappa shape index (κ1) is 18.4. The van der Waals surface area contributed by atoms with Crippen molar-refractivity contribution in [2.75, 3.05) is 12.4 Å². The van der Waals surface area contributed by atoms with Gasteiger partial charge >= 0.3 is 12.1 Å². The van der Waals surface area contributed by atoms with Gasteiger partial charge in [0, 0.05) is 12.1 Å². The van der Waals surface area contributed by atoms with Crippen LogP contribution in [-0.4, -0.2) is 24.0 Å². The van der Waals surface area contributed by atoms with Crippen LogP contribution in [0.1, 0.15) is 32.0 Å². The van der Waals surface area contributed by atoms with Gasteiger partial charge in [-0.15, -0.1) is 0 Å². The summed E-state index contributed by atoms with van der Waals surface area (Å²) in [6.07, 6.45) is -4.67. The molecule has 0 aliphatic carbocycles. The van der Waals surface area contributed by atoms with Crippen molar-refractivity contribution in [3.63, 3.8) is 0 Å². The van der Waals surface area contributed by atoms with Crippen molar-refractivity contribution < 1.29 is 27.5 Å². The molecule has 0 atom stereocenters. The van der Waals surface area contributed by atoms with Crippen molar-refractivity contribution in [2.24, 2.45) is 5.73 Å². The van der Waals surface area contributed by atoms with E-state index in [1.165, 1.54) is 37.4 Å². The lowest BCUT2D eigenvalue weighted by Gasteiger charge is -2.11. The molecule has 0 fully saturated rings. The molecule has 2 aromatic rings. The minimum absolute atomic E-state index is 0.0661. The van der Waals surface area contributed by atoms with E-state index in [-0.39, 0.29) is 29.1 Å². The van der Waals surface area contributed by atoms with Crippen LogP contribution in [0.5, 0.6) is 0 Å². The smallest absolute Gasteiger partial charge is 0.433 e. The van der Waals surface area contributed by atoms with Crippen molar-refractivity contribution >= 4 is 17.7 Å². The summed E-state index contributed by atoms with van der Waals surface area (Å²) in [5, 5.41) is 2.27. The number of methoxy groups -OCH3 is 1. The number of aromatic nitrogens is 1. The number of benzene rings is 1. The maximum Gasteiger partial charge on any atom is 0.433 e. The quantitative estimate of drug-likeness (QED) is 0.824. The third-order valence-electron chi connectivity index (χ3n) is 3.20. The zero-order valence-electron chi connectivity index (χ0n) is 13.1. The van der Waals surface area contributed by atoms with Crippen LogP contribution in [0.3, 0.4) is 0 Å². The molecule has 0 unspecified atom stereocenters. The first-order chi connectivity index (χ1) is 11.7. The van der Waals surface area contributed by atoms with Gasteiger partial charge in [0.05, 0.1) is 12.7 Å². The number of hydrogen-bond acceptors (Lipinski definition) is 5. The van der Waals surface area contributed by atoms with Gasteiger partial charge < -0.3 is 15.8 Å². The summed E-state index contributed by atoms with van der Waals surface area (Å²) in [4.78, 5) is 27.1. The number of anilines is 1. The van der Waals surface area contributed by atoms with E-state index >= 15 is 0 Å². The molecule has 132 valence electrons. The molecule has 1 aromatic heterocycles. The fraction of sp³-hybridized carbons (Fsp3) is 0.188.